The second-order valence-corrected chi connectivity index (χ2v) is 15.6. The Labute approximate surface area is 337 Å². The number of alkyl carbamates (subject to hydrolysis) is 1. The van der Waals surface area contributed by atoms with Crippen LogP contribution in [0.4, 0.5) is 4.79 Å². The number of benzene rings is 4. The maximum atomic E-state index is 13.6. The number of fused-ring (bicyclic) bond motifs is 1. The molecule has 294 valence electrons. The maximum absolute atomic E-state index is 13.6. The van der Waals surface area contributed by atoms with Crippen LogP contribution in [0.1, 0.15) is 62.4 Å². The van der Waals surface area contributed by atoms with E-state index in [0.29, 0.717) is 25.3 Å². The first-order chi connectivity index (χ1) is 28.2. The molecule has 12 nitrogen and oxygen atoms in total. The van der Waals surface area contributed by atoms with Crippen molar-refractivity contribution in [2.75, 3.05) is 20.2 Å². The number of ether oxygens (including phenoxy) is 1. The molecule has 6 aromatic rings. The summed E-state index contributed by atoms with van der Waals surface area (Å²) in [5.41, 5.74) is 6.82. The van der Waals surface area contributed by atoms with Gasteiger partial charge in [-0.15, -0.1) is 0 Å². The molecule has 0 saturated carbocycles. The molecule has 4 aromatic carbocycles. The summed E-state index contributed by atoms with van der Waals surface area (Å²) in [5, 5.41) is 14.6. The lowest BCUT2D eigenvalue weighted by Crippen LogP contribution is -2.51. The molecule has 58 heavy (non-hydrogen) atoms. The minimum Gasteiger partial charge on any atom is -0.453 e. The maximum Gasteiger partial charge on any atom is 0.407 e. The van der Waals surface area contributed by atoms with Crippen molar-refractivity contribution in [2.24, 2.45) is 11.8 Å². The third-order valence-corrected chi connectivity index (χ3v) is 11.4. The molecule has 2 aliphatic heterocycles. The number of hydrogen-bond donors (Lipinski definition) is 3. The molecule has 2 saturated heterocycles. The highest BCUT2D eigenvalue weighted by molar-refractivity contribution is 5.91. The molecule has 3 amide bonds. The van der Waals surface area contributed by atoms with Crippen LogP contribution in [0.25, 0.3) is 44.4 Å². The van der Waals surface area contributed by atoms with Gasteiger partial charge in [0.05, 0.1) is 61.4 Å². The highest BCUT2D eigenvalue weighted by atomic mass is 16.5. The molecule has 2 aromatic heterocycles. The number of nitrogens with one attached hydrogen (secondary N) is 3. The Morgan fingerprint density at radius 2 is 1.45 bits per heavy atom. The van der Waals surface area contributed by atoms with Crippen LogP contribution < -0.4 is 5.32 Å². The summed E-state index contributed by atoms with van der Waals surface area (Å²) in [7, 11) is 1.29. The topological polar surface area (TPSA) is 160 Å². The zero-order valence-corrected chi connectivity index (χ0v) is 32.8. The number of imidazole rings is 2. The molecule has 8 rings (SSSR count). The van der Waals surface area contributed by atoms with Crippen molar-refractivity contribution in [1.82, 2.24) is 35.1 Å². The average Bonchev–Trinajstić information content (AvgIpc) is 4.09. The van der Waals surface area contributed by atoms with Crippen LogP contribution in [0, 0.1) is 23.2 Å². The molecule has 0 spiro atoms. The van der Waals surface area contributed by atoms with E-state index in [0.717, 1.165) is 68.6 Å². The van der Waals surface area contributed by atoms with Gasteiger partial charge in [0.2, 0.25) is 11.8 Å². The van der Waals surface area contributed by atoms with Crippen LogP contribution in [-0.4, -0.2) is 73.9 Å². The van der Waals surface area contributed by atoms with Crippen molar-refractivity contribution in [2.45, 2.75) is 57.7 Å². The Kier molecular flexibility index (Phi) is 10.8. The first-order valence-electron chi connectivity index (χ1n) is 19.8. The first-order valence-corrected chi connectivity index (χ1v) is 19.8. The van der Waals surface area contributed by atoms with Crippen LogP contribution in [0.3, 0.4) is 0 Å². The number of nitrogens with zero attached hydrogens (tertiary/aromatic N) is 5. The molecular formula is C46H46N8O4. The van der Waals surface area contributed by atoms with E-state index in [4.69, 9.17) is 9.72 Å². The standard InChI is InChI=1S/C46H46N8O4/c1-28(2)42(52-46(57)58-3)45(56)53-19-7-10-39(53)43-48-25-37(50-43)32-13-11-31(12-14-32)33-15-16-35-23-36(18-17-34(35)22-33)38-26-49-44(51-38)40-20-30(24-47)27-54(40)41(55)21-29-8-5-4-6-9-29/h4-6,8-9,11-18,22-23,25-26,28,30,39-40,42H,7,10,19-21,27H2,1-3H3,(H,48,50)(H,49,51)(H,52,57)/t30-,39+,40+,42+/m1/s1. The lowest BCUT2D eigenvalue weighted by atomic mass is 9.98. The van der Waals surface area contributed by atoms with Gasteiger partial charge in [0.15, 0.2) is 0 Å². The van der Waals surface area contributed by atoms with Gasteiger partial charge in [-0.25, -0.2) is 14.8 Å². The zero-order valence-electron chi connectivity index (χ0n) is 32.8. The Hall–Kier alpha value is -6.74. The summed E-state index contributed by atoms with van der Waals surface area (Å²) in [5.74, 6) is 0.939. The van der Waals surface area contributed by atoms with Gasteiger partial charge in [-0.1, -0.05) is 92.7 Å². The van der Waals surface area contributed by atoms with E-state index in [1.54, 1.807) is 4.90 Å². The van der Waals surface area contributed by atoms with Gasteiger partial charge in [-0.3, -0.25) is 9.59 Å². The third-order valence-electron chi connectivity index (χ3n) is 11.4. The fraction of sp³-hybridized carbons (Fsp3) is 0.304. The summed E-state index contributed by atoms with van der Waals surface area (Å²) in [6, 6.07) is 32.0. The lowest BCUT2D eigenvalue weighted by Gasteiger charge is -2.30. The summed E-state index contributed by atoms with van der Waals surface area (Å²) in [6.45, 7) is 4.80. The number of aromatic nitrogens is 4. The first kappa shape index (κ1) is 38.1. The van der Waals surface area contributed by atoms with Gasteiger partial charge in [-0.2, -0.15) is 5.26 Å². The molecule has 0 aliphatic carbocycles. The fourth-order valence-electron chi connectivity index (χ4n) is 8.27. The molecule has 0 bridgehead atoms. The Morgan fingerprint density at radius 3 is 2.12 bits per heavy atom. The van der Waals surface area contributed by atoms with Gasteiger partial charge in [0.1, 0.15) is 17.7 Å². The predicted molar refractivity (Wildman–Crippen MR) is 221 cm³/mol. The number of likely N-dealkylation sites (tertiary alicyclic amines) is 2. The zero-order chi connectivity index (χ0) is 40.3. The monoisotopic (exact) mass is 774 g/mol. The molecule has 4 atom stereocenters. The predicted octanol–water partition coefficient (Wildman–Crippen LogP) is 7.99. The Bertz CT molecular complexity index is 2480. The number of carbonyl (C=O) groups excluding carboxylic acids is 3. The molecule has 0 radical (unpaired) electrons. The third kappa shape index (κ3) is 7.80. The summed E-state index contributed by atoms with van der Waals surface area (Å²) in [6.07, 6.45) is 5.47. The quantitative estimate of drug-likeness (QED) is 0.127. The normalized spacial score (nSPS) is 18.4. The van der Waals surface area contributed by atoms with Crippen molar-refractivity contribution in [3.05, 3.63) is 121 Å². The second kappa shape index (κ2) is 16.4. The van der Waals surface area contributed by atoms with E-state index in [-0.39, 0.29) is 42.2 Å². The van der Waals surface area contributed by atoms with E-state index in [1.165, 1.54) is 7.11 Å². The second-order valence-electron chi connectivity index (χ2n) is 15.6. The minimum atomic E-state index is -0.685. The molecule has 0 unspecified atom stereocenters. The van der Waals surface area contributed by atoms with Crippen LogP contribution >= 0.6 is 0 Å². The summed E-state index contributed by atoms with van der Waals surface area (Å²) >= 11 is 0. The number of aromatic amines is 2. The van der Waals surface area contributed by atoms with E-state index >= 15 is 0 Å². The molecule has 2 fully saturated rings. The molecule has 2 aliphatic rings. The van der Waals surface area contributed by atoms with E-state index < -0.39 is 12.1 Å². The van der Waals surface area contributed by atoms with Crippen molar-refractivity contribution in [3.8, 4) is 39.7 Å². The molecule has 4 heterocycles. The van der Waals surface area contributed by atoms with Crippen molar-refractivity contribution in [1.29, 1.82) is 5.26 Å². The number of H-pyrrole nitrogens is 2. The highest BCUT2D eigenvalue weighted by Gasteiger charge is 2.39. The van der Waals surface area contributed by atoms with E-state index in [9.17, 15) is 19.6 Å². The number of amides is 3. The minimum absolute atomic E-state index is 0.00708. The molecule has 3 N–H and O–H groups in total. The van der Waals surface area contributed by atoms with Gasteiger partial charge < -0.3 is 29.8 Å². The Balaban J connectivity index is 0.946. The van der Waals surface area contributed by atoms with Crippen LogP contribution in [0.15, 0.2) is 103 Å². The van der Waals surface area contributed by atoms with Gasteiger partial charge in [0, 0.05) is 18.7 Å². The summed E-state index contributed by atoms with van der Waals surface area (Å²) in [4.78, 5) is 58.8. The Morgan fingerprint density at radius 1 is 0.828 bits per heavy atom. The van der Waals surface area contributed by atoms with Gasteiger partial charge in [0.25, 0.3) is 0 Å². The number of methoxy groups -OCH3 is 1. The SMILES string of the molecule is COC(=O)N[C@H](C(=O)N1CCC[C@H]1c1ncc(-c2ccc(-c3ccc4cc(-c5cnc([C@@H]6C[C@H](C#N)CN6C(=O)Cc6ccccc6)[nH]5)ccc4c3)cc2)[nH]1)C(C)C. The van der Waals surface area contributed by atoms with Crippen molar-refractivity contribution < 1.29 is 19.1 Å². The largest absolute Gasteiger partial charge is 0.453 e. The molecule has 12 heteroatoms. The number of rotatable bonds is 10. The van der Waals surface area contributed by atoms with Crippen molar-refractivity contribution in [3.63, 3.8) is 0 Å². The average molecular weight is 775 g/mol. The highest BCUT2D eigenvalue weighted by Crippen LogP contribution is 2.37. The van der Waals surface area contributed by atoms with E-state index in [1.807, 2.05) is 61.5 Å². The van der Waals surface area contributed by atoms with Gasteiger partial charge >= 0.3 is 6.09 Å². The number of hydrogen-bond acceptors (Lipinski definition) is 7. The van der Waals surface area contributed by atoms with Gasteiger partial charge in [-0.05, 0) is 70.3 Å². The number of carbonyl (C=O) groups is 3. The smallest absolute Gasteiger partial charge is 0.407 e. The van der Waals surface area contributed by atoms with Crippen LogP contribution in [0.5, 0.6) is 0 Å². The lowest BCUT2D eigenvalue weighted by molar-refractivity contribution is -0.135. The van der Waals surface area contributed by atoms with Crippen LogP contribution in [-0.2, 0) is 20.7 Å². The van der Waals surface area contributed by atoms with Crippen LogP contribution in [0.2, 0.25) is 0 Å². The number of nitriles is 1. The van der Waals surface area contributed by atoms with Crippen molar-refractivity contribution >= 4 is 28.7 Å². The van der Waals surface area contributed by atoms with E-state index in [2.05, 4.69) is 87.0 Å². The summed E-state index contributed by atoms with van der Waals surface area (Å²) < 4.78 is 4.76. The fourth-order valence-corrected chi connectivity index (χ4v) is 8.27. The molecular weight excluding hydrogens is 729 g/mol.